The number of hydrogen-bond donors (Lipinski definition) is 1. The number of nitrogens with zero attached hydrogens (tertiary/aromatic N) is 1. The topological polar surface area (TPSA) is 72.2 Å². The molecule has 0 heterocycles. The Morgan fingerprint density at radius 2 is 1.74 bits per heavy atom. The summed E-state index contributed by atoms with van der Waals surface area (Å²) >= 11 is 0. The van der Waals surface area contributed by atoms with Gasteiger partial charge in [-0.2, -0.15) is 0 Å². The van der Waals surface area contributed by atoms with E-state index in [1.807, 2.05) is 0 Å². The van der Waals surface area contributed by atoms with E-state index in [4.69, 9.17) is 0 Å². The van der Waals surface area contributed by atoms with Gasteiger partial charge in [0, 0.05) is 24.3 Å². The van der Waals surface area contributed by atoms with Crippen LogP contribution in [0.15, 0.2) is 30.3 Å². The van der Waals surface area contributed by atoms with Gasteiger partial charge in [0.05, 0.1) is 4.92 Å². The van der Waals surface area contributed by atoms with Gasteiger partial charge in [0.15, 0.2) is 0 Å². The lowest BCUT2D eigenvalue weighted by Crippen LogP contribution is -2.48. The fraction of sp³-hybridized carbons (Fsp3) is 0.591. The van der Waals surface area contributed by atoms with E-state index in [0.717, 1.165) is 29.7 Å². The number of benzene rings is 1. The van der Waals surface area contributed by atoms with Gasteiger partial charge < -0.3 is 5.32 Å². The Balaban J connectivity index is 1.31. The number of carbonyl (C=O) groups excluding carboxylic acids is 1. The number of carbonyl (C=O) groups is 1. The van der Waals surface area contributed by atoms with Gasteiger partial charge in [0.1, 0.15) is 0 Å². The lowest BCUT2D eigenvalue weighted by molar-refractivity contribution is -0.384. The SMILES string of the molecule is CC(CC12CC3CC(CC(C3)C1)C2)NC(=O)/C=C/c1ccc([N+](=O)[O-])cc1. The molecular formula is C22H28N2O3. The third-order valence-corrected chi connectivity index (χ3v) is 6.82. The average Bonchev–Trinajstić information content (AvgIpc) is 2.58. The summed E-state index contributed by atoms with van der Waals surface area (Å²) in [6, 6.07) is 6.39. The molecule has 5 heteroatoms. The average molecular weight is 368 g/mol. The Kier molecular flexibility index (Phi) is 4.79. The van der Waals surface area contributed by atoms with Gasteiger partial charge in [-0.05, 0) is 98.8 Å². The largest absolute Gasteiger partial charge is 0.350 e. The molecule has 1 atom stereocenters. The number of non-ortho nitro benzene ring substituents is 1. The van der Waals surface area contributed by atoms with Crippen LogP contribution in [0.1, 0.15) is 57.4 Å². The van der Waals surface area contributed by atoms with Crippen LogP contribution in [-0.2, 0) is 4.79 Å². The highest BCUT2D eigenvalue weighted by Crippen LogP contribution is 2.61. The van der Waals surface area contributed by atoms with E-state index in [1.165, 1.54) is 56.7 Å². The zero-order valence-corrected chi connectivity index (χ0v) is 15.9. The second kappa shape index (κ2) is 7.10. The van der Waals surface area contributed by atoms with Crippen molar-refractivity contribution in [3.63, 3.8) is 0 Å². The van der Waals surface area contributed by atoms with Gasteiger partial charge in [-0.25, -0.2) is 0 Å². The summed E-state index contributed by atoms with van der Waals surface area (Å²) in [5.41, 5.74) is 1.30. The molecular weight excluding hydrogens is 340 g/mol. The van der Waals surface area contributed by atoms with Crippen LogP contribution < -0.4 is 5.32 Å². The monoisotopic (exact) mass is 368 g/mol. The third-order valence-electron chi connectivity index (χ3n) is 6.82. The molecule has 4 bridgehead atoms. The highest BCUT2D eigenvalue weighted by molar-refractivity contribution is 5.91. The predicted octanol–water partition coefficient (Wildman–Crippen LogP) is 4.72. The molecule has 27 heavy (non-hydrogen) atoms. The van der Waals surface area contributed by atoms with Crippen LogP contribution in [0.5, 0.6) is 0 Å². The first-order chi connectivity index (χ1) is 12.9. The van der Waals surface area contributed by atoms with Gasteiger partial charge in [-0.1, -0.05) is 0 Å². The number of nitro benzene ring substituents is 1. The van der Waals surface area contributed by atoms with Crippen molar-refractivity contribution in [2.75, 3.05) is 0 Å². The minimum Gasteiger partial charge on any atom is -0.350 e. The number of rotatable bonds is 6. The second-order valence-electron chi connectivity index (χ2n) is 9.21. The Hall–Kier alpha value is -2.17. The molecule has 1 aromatic carbocycles. The van der Waals surface area contributed by atoms with Crippen molar-refractivity contribution in [1.82, 2.24) is 5.32 Å². The molecule has 4 aliphatic carbocycles. The van der Waals surface area contributed by atoms with Gasteiger partial charge in [-0.3, -0.25) is 14.9 Å². The van der Waals surface area contributed by atoms with Crippen LogP contribution in [0.25, 0.3) is 6.08 Å². The van der Waals surface area contributed by atoms with Crippen LogP contribution >= 0.6 is 0 Å². The Labute approximate surface area is 160 Å². The van der Waals surface area contributed by atoms with Crippen molar-refractivity contribution in [2.24, 2.45) is 23.2 Å². The highest BCUT2D eigenvalue weighted by Gasteiger charge is 2.50. The van der Waals surface area contributed by atoms with Crippen molar-refractivity contribution in [3.8, 4) is 0 Å². The van der Waals surface area contributed by atoms with Crippen LogP contribution in [-0.4, -0.2) is 16.9 Å². The number of nitrogens with one attached hydrogen (secondary N) is 1. The molecule has 1 aromatic rings. The summed E-state index contributed by atoms with van der Waals surface area (Å²) in [5.74, 6) is 2.70. The lowest BCUT2D eigenvalue weighted by Gasteiger charge is -2.57. The third kappa shape index (κ3) is 4.07. The van der Waals surface area contributed by atoms with E-state index in [0.29, 0.717) is 5.41 Å². The minimum atomic E-state index is -0.424. The van der Waals surface area contributed by atoms with Crippen molar-refractivity contribution < 1.29 is 9.72 Å². The molecule has 0 saturated heterocycles. The van der Waals surface area contributed by atoms with Crippen molar-refractivity contribution in [3.05, 3.63) is 46.0 Å². The fourth-order valence-electron chi connectivity index (χ4n) is 6.41. The lowest BCUT2D eigenvalue weighted by atomic mass is 9.48. The summed E-state index contributed by atoms with van der Waals surface area (Å²) in [6.45, 7) is 2.12. The summed E-state index contributed by atoms with van der Waals surface area (Å²) in [4.78, 5) is 22.5. The van der Waals surface area contributed by atoms with E-state index in [9.17, 15) is 14.9 Å². The van der Waals surface area contributed by atoms with Crippen LogP contribution in [0, 0.1) is 33.3 Å². The molecule has 0 aliphatic heterocycles. The van der Waals surface area contributed by atoms with Gasteiger partial charge in [-0.15, -0.1) is 0 Å². The normalized spacial score (nSPS) is 32.6. The van der Waals surface area contributed by atoms with Gasteiger partial charge in [0.25, 0.3) is 5.69 Å². The summed E-state index contributed by atoms with van der Waals surface area (Å²) < 4.78 is 0. The fourth-order valence-corrected chi connectivity index (χ4v) is 6.41. The van der Waals surface area contributed by atoms with Crippen molar-refractivity contribution in [2.45, 2.75) is 57.9 Å². The van der Waals surface area contributed by atoms with Gasteiger partial charge >= 0.3 is 0 Å². The maximum absolute atomic E-state index is 12.3. The molecule has 4 aliphatic rings. The summed E-state index contributed by atoms with van der Waals surface area (Å²) in [6.07, 6.45) is 12.7. The molecule has 1 amide bonds. The Morgan fingerprint density at radius 1 is 1.19 bits per heavy atom. The summed E-state index contributed by atoms with van der Waals surface area (Å²) in [5, 5.41) is 13.8. The van der Waals surface area contributed by atoms with E-state index in [1.54, 1.807) is 18.2 Å². The van der Waals surface area contributed by atoms with Crippen LogP contribution in [0.3, 0.4) is 0 Å². The van der Waals surface area contributed by atoms with Crippen LogP contribution in [0.4, 0.5) is 5.69 Å². The Bertz CT molecular complexity index is 718. The molecule has 0 aromatic heterocycles. The molecule has 4 saturated carbocycles. The molecule has 1 unspecified atom stereocenters. The van der Waals surface area contributed by atoms with E-state index in [-0.39, 0.29) is 17.6 Å². The number of hydrogen-bond acceptors (Lipinski definition) is 3. The molecule has 0 radical (unpaired) electrons. The van der Waals surface area contributed by atoms with Gasteiger partial charge in [0.2, 0.25) is 5.91 Å². The molecule has 5 rings (SSSR count). The molecule has 0 spiro atoms. The van der Waals surface area contributed by atoms with Crippen molar-refractivity contribution >= 4 is 17.7 Å². The van der Waals surface area contributed by atoms with Crippen molar-refractivity contribution in [1.29, 1.82) is 0 Å². The molecule has 144 valence electrons. The standard InChI is InChI=1S/C22H28N2O3/c1-15(11-22-12-17-8-18(13-22)10-19(9-17)14-22)23-21(25)7-4-16-2-5-20(6-3-16)24(26)27/h2-7,15,17-19H,8-14H2,1H3,(H,23,25)/b7-4+. The second-order valence-corrected chi connectivity index (χ2v) is 9.21. The smallest absolute Gasteiger partial charge is 0.269 e. The maximum Gasteiger partial charge on any atom is 0.269 e. The van der Waals surface area contributed by atoms with E-state index < -0.39 is 4.92 Å². The van der Waals surface area contributed by atoms with E-state index >= 15 is 0 Å². The first-order valence-electron chi connectivity index (χ1n) is 10.1. The maximum atomic E-state index is 12.3. The molecule has 4 fully saturated rings. The molecule has 5 nitrogen and oxygen atoms in total. The molecule has 1 N–H and O–H groups in total. The van der Waals surface area contributed by atoms with E-state index in [2.05, 4.69) is 12.2 Å². The highest BCUT2D eigenvalue weighted by atomic mass is 16.6. The predicted molar refractivity (Wildman–Crippen MR) is 105 cm³/mol. The number of amides is 1. The zero-order valence-electron chi connectivity index (χ0n) is 15.9. The first-order valence-corrected chi connectivity index (χ1v) is 10.1. The number of nitro groups is 1. The zero-order chi connectivity index (χ0) is 19.0. The Morgan fingerprint density at radius 3 is 2.26 bits per heavy atom. The summed E-state index contributed by atoms with van der Waals surface area (Å²) in [7, 11) is 0. The first kappa shape index (κ1) is 18.2. The van der Waals surface area contributed by atoms with Crippen LogP contribution in [0.2, 0.25) is 0 Å². The quantitative estimate of drug-likeness (QED) is 0.449. The minimum absolute atomic E-state index is 0.0563.